The molecule has 0 radical (unpaired) electrons. The quantitative estimate of drug-likeness (QED) is 0.433. The Morgan fingerprint density at radius 2 is 2.08 bits per heavy atom. The smallest absolute Gasteiger partial charge is 0.255 e. The fourth-order valence-electron chi connectivity index (χ4n) is 3.87. The summed E-state index contributed by atoms with van der Waals surface area (Å²) in [6.45, 7) is 1.61. The van der Waals surface area contributed by atoms with Crippen LogP contribution in [0, 0.1) is 18.3 Å². The number of pyridine rings is 3. The second-order valence-electron chi connectivity index (χ2n) is 8.44. The van der Waals surface area contributed by atoms with Gasteiger partial charge in [0, 0.05) is 25.9 Å². The van der Waals surface area contributed by atoms with Gasteiger partial charge in [-0.1, -0.05) is 0 Å². The lowest BCUT2D eigenvalue weighted by Gasteiger charge is -2.15. The number of amides is 1. The summed E-state index contributed by atoms with van der Waals surface area (Å²) in [5, 5.41) is 21.8. The zero-order valence-corrected chi connectivity index (χ0v) is 19.4. The van der Waals surface area contributed by atoms with Crippen molar-refractivity contribution >= 4 is 28.6 Å². The highest BCUT2D eigenvalue weighted by Gasteiger charge is 2.34. The molecule has 182 valence electrons. The number of fused-ring (bicyclic) bond motifs is 1. The molecule has 5 rings (SSSR count). The molecule has 12 heteroatoms. The van der Waals surface area contributed by atoms with E-state index in [1.54, 1.807) is 42.2 Å². The largest absolute Gasteiger partial charge is 0.437 e. The number of nitriles is 1. The first-order valence-electron chi connectivity index (χ1n) is 11.0. The molecule has 1 fully saturated rings. The summed E-state index contributed by atoms with van der Waals surface area (Å²) in [4.78, 5) is 31.2. The summed E-state index contributed by atoms with van der Waals surface area (Å²) in [6.07, 6.45) is 1.87. The van der Waals surface area contributed by atoms with E-state index in [1.807, 2.05) is 13.0 Å². The van der Waals surface area contributed by atoms with Gasteiger partial charge < -0.3 is 24.6 Å². The second kappa shape index (κ2) is 9.20. The summed E-state index contributed by atoms with van der Waals surface area (Å²) in [5.41, 5.74) is 3.03. The number of aryl methyl sites for hydroxylation is 2. The lowest BCUT2D eigenvalue weighted by Crippen LogP contribution is -2.29. The number of rotatable bonds is 5. The van der Waals surface area contributed by atoms with Gasteiger partial charge in [0.1, 0.15) is 35.4 Å². The number of β-amino-alcohol motifs (C(OH)–C–C–N with tert-alkyl or cyclic N) is 1. The first kappa shape index (κ1) is 23.1. The minimum absolute atomic E-state index is 0.0499. The van der Waals surface area contributed by atoms with E-state index in [0.29, 0.717) is 28.4 Å². The molecule has 4 aromatic rings. The minimum Gasteiger partial charge on any atom is -0.437 e. The van der Waals surface area contributed by atoms with E-state index in [-0.39, 0.29) is 30.2 Å². The molecular weight excluding hydrogens is 467 g/mol. The van der Waals surface area contributed by atoms with Crippen molar-refractivity contribution in [1.82, 2.24) is 29.4 Å². The lowest BCUT2D eigenvalue weighted by molar-refractivity contribution is 0.0764. The number of ether oxygens (including phenoxy) is 1. The number of halogens is 1. The van der Waals surface area contributed by atoms with Gasteiger partial charge in [0.2, 0.25) is 5.88 Å². The highest BCUT2D eigenvalue weighted by Crippen LogP contribution is 2.31. The van der Waals surface area contributed by atoms with Crippen LogP contribution in [-0.4, -0.2) is 65.8 Å². The lowest BCUT2D eigenvalue weighted by atomic mass is 10.2. The molecule has 5 heterocycles. The number of likely N-dealkylation sites (tertiary alicyclic amines) is 1. The molecule has 0 spiro atoms. The molecule has 2 N–H and O–H groups in total. The molecule has 1 aliphatic rings. The van der Waals surface area contributed by atoms with E-state index < -0.39 is 18.2 Å². The molecule has 1 amide bonds. The maximum atomic E-state index is 13.6. The first-order valence-corrected chi connectivity index (χ1v) is 11.0. The number of hydrogen-bond acceptors (Lipinski definition) is 9. The van der Waals surface area contributed by atoms with E-state index >= 15 is 0 Å². The molecule has 0 bridgehead atoms. The number of aromatic nitrogens is 5. The molecule has 1 saturated heterocycles. The predicted molar refractivity (Wildman–Crippen MR) is 127 cm³/mol. The van der Waals surface area contributed by atoms with E-state index in [2.05, 4.69) is 25.3 Å². The van der Waals surface area contributed by atoms with Crippen molar-refractivity contribution in [3.8, 4) is 17.7 Å². The van der Waals surface area contributed by atoms with Gasteiger partial charge in [-0.15, -0.1) is 0 Å². The van der Waals surface area contributed by atoms with Crippen molar-refractivity contribution in [3.05, 3.63) is 59.8 Å². The number of carbonyl (C=O) groups is 1. The van der Waals surface area contributed by atoms with Crippen LogP contribution in [0.2, 0.25) is 0 Å². The summed E-state index contributed by atoms with van der Waals surface area (Å²) < 4.78 is 21.3. The van der Waals surface area contributed by atoms with Gasteiger partial charge in [-0.2, -0.15) is 10.2 Å². The van der Waals surface area contributed by atoms with Crippen molar-refractivity contribution in [2.24, 2.45) is 7.05 Å². The average molecular weight is 488 g/mol. The van der Waals surface area contributed by atoms with Gasteiger partial charge in [0.05, 0.1) is 30.3 Å². The molecular formula is C24H21FN8O3. The number of carbonyl (C=O) groups excluding carboxylic acids is 1. The molecule has 2 unspecified atom stereocenters. The van der Waals surface area contributed by atoms with Gasteiger partial charge in [0.15, 0.2) is 11.4 Å². The molecule has 1 aliphatic heterocycles. The number of nitrogens with one attached hydrogen (secondary N) is 1. The Bertz CT molecular complexity index is 1490. The van der Waals surface area contributed by atoms with Crippen molar-refractivity contribution in [2.45, 2.75) is 19.2 Å². The average Bonchev–Trinajstić information content (AvgIpc) is 3.42. The van der Waals surface area contributed by atoms with Gasteiger partial charge in [-0.3, -0.25) is 4.79 Å². The topological polar surface area (TPSA) is 142 Å². The molecule has 2 atom stereocenters. The second-order valence-corrected chi connectivity index (χ2v) is 8.44. The summed E-state index contributed by atoms with van der Waals surface area (Å²) in [7, 11) is 1.81. The van der Waals surface area contributed by atoms with Crippen LogP contribution in [0.3, 0.4) is 0 Å². The molecule has 11 nitrogen and oxygen atoms in total. The standard InChI is InChI=1S/C24H21FN8O3/c1-13-5-15(7-26)27-9-19(13)36-21-6-17(22-23(31-21)32(2)12-29-22)30-20-4-3-14(8-28-20)24(35)33-10-16(25)18(34)11-33/h3-6,8-9,12,16,18,34H,10-11H2,1-2H3,(H,28,30,31). The van der Waals surface area contributed by atoms with Crippen LogP contribution in [0.4, 0.5) is 15.9 Å². The highest BCUT2D eigenvalue weighted by molar-refractivity contribution is 5.94. The van der Waals surface area contributed by atoms with Gasteiger partial charge in [0.25, 0.3) is 5.91 Å². The molecule has 0 aliphatic carbocycles. The van der Waals surface area contributed by atoms with Crippen LogP contribution >= 0.6 is 0 Å². The van der Waals surface area contributed by atoms with E-state index in [0.717, 1.165) is 5.56 Å². The summed E-state index contributed by atoms with van der Waals surface area (Å²) in [6, 6.07) is 8.49. The van der Waals surface area contributed by atoms with Gasteiger partial charge >= 0.3 is 0 Å². The number of aliphatic hydroxyl groups is 1. The summed E-state index contributed by atoms with van der Waals surface area (Å²) in [5.74, 6) is 0.781. The summed E-state index contributed by atoms with van der Waals surface area (Å²) >= 11 is 0. The maximum absolute atomic E-state index is 13.6. The number of aliphatic hydroxyl groups excluding tert-OH is 1. The van der Waals surface area contributed by atoms with Crippen LogP contribution in [-0.2, 0) is 7.05 Å². The molecule has 36 heavy (non-hydrogen) atoms. The number of anilines is 2. The maximum Gasteiger partial charge on any atom is 0.255 e. The van der Waals surface area contributed by atoms with Gasteiger partial charge in [-0.25, -0.2) is 19.3 Å². The van der Waals surface area contributed by atoms with Crippen LogP contribution in [0.5, 0.6) is 11.6 Å². The Labute approximate surface area is 204 Å². The monoisotopic (exact) mass is 488 g/mol. The number of imidazole rings is 1. The highest BCUT2D eigenvalue weighted by atomic mass is 19.1. The van der Waals surface area contributed by atoms with E-state index in [4.69, 9.17) is 10.00 Å². The fraction of sp³-hybridized carbons (Fsp3) is 0.250. The van der Waals surface area contributed by atoms with Crippen LogP contribution < -0.4 is 10.1 Å². The van der Waals surface area contributed by atoms with Gasteiger partial charge in [-0.05, 0) is 30.7 Å². The van der Waals surface area contributed by atoms with Crippen molar-refractivity contribution in [1.29, 1.82) is 5.26 Å². The number of nitrogens with zero attached hydrogens (tertiary/aromatic N) is 7. The van der Waals surface area contributed by atoms with E-state index in [1.165, 1.54) is 17.3 Å². The zero-order valence-electron chi connectivity index (χ0n) is 19.4. The Morgan fingerprint density at radius 3 is 2.75 bits per heavy atom. The SMILES string of the molecule is Cc1cc(C#N)ncc1Oc1cc(Nc2ccc(C(=O)N3CC(O)C(F)C3)cn2)c2ncn(C)c2n1. The third-order valence-electron chi connectivity index (χ3n) is 5.82. The Morgan fingerprint density at radius 1 is 1.25 bits per heavy atom. The normalized spacial score (nSPS) is 17.2. The zero-order chi connectivity index (χ0) is 25.4. The van der Waals surface area contributed by atoms with Crippen LogP contribution in [0.25, 0.3) is 11.2 Å². The van der Waals surface area contributed by atoms with Crippen LogP contribution in [0.1, 0.15) is 21.6 Å². The Kier molecular flexibility index (Phi) is 5.91. The Balaban J connectivity index is 1.40. The Hall–Kier alpha value is -4.63. The number of alkyl halides is 1. The third kappa shape index (κ3) is 4.39. The third-order valence-corrected chi connectivity index (χ3v) is 5.82. The predicted octanol–water partition coefficient (Wildman–Crippen LogP) is 2.63. The van der Waals surface area contributed by atoms with Crippen LogP contribution in [0.15, 0.2) is 43.0 Å². The number of hydrogen-bond donors (Lipinski definition) is 2. The molecule has 0 saturated carbocycles. The van der Waals surface area contributed by atoms with Crippen molar-refractivity contribution in [2.75, 3.05) is 18.4 Å². The van der Waals surface area contributed by atoms with Crippen molar-refractivity contribution < 1.29 is 19.0 Å². The van der Waals surface area contributed by atoms with E-state index in [9.17, 15) is 14.3 Å². The fourth-order valence-corrected chi connectivity index (χ4v) is 3.87. The molecule has 0 aromatic carbocycles. The first-order chi connectivity index (χ1) is 17.3. The minimum atomic E-state index is -1.45. The molecule has 4 aromatic heterocycles. The van der Waals surface area contributed by atoms with Crippen molar-refractivity contribution in [3.63, 3.8) is 0 Å².